The van der Waals surface area contributed by atoms with Crippen molar-refractivity contribution < 1.29 is 9.26 Å². The molecular formula is C10H10N2O2. The summed E-state index contributed by atoms with van der Waals surface area (Å²) in [6, 6.07) is 7.51. The van der Waals surface area contributed by atoms with Crippen molar-refractivity contribution in [3.8, 4) is 17.1 Å². The van der Waals surface area contributed by atoms with Gasteiger partial charge < -0.3 is 9.26 Å². The molecule has 2 rings (SSSR count). The number of hydrogen-bond acceptors (Lipinski definition) is 4. The van der Waals surface area contributed by atoms with Crippen molar-refractivity contribution in [1.82, 2.24) is 10.1 Å². The van der Waals surface area contributed by atoms with Crippen LogP contribution in [0.2, 0.25) is 0 Å². The molecule has 0 N–H and O–H groups in total. The first-order chi connectivity index (χ1) is 6.79. The predicted molar refractivity (Wildman–Crippen MR) is 51.0 cm³/mol. The summed E-state index contributed by atoms with van der Waals surface area (Å²) in [5.41, 5.74) is 0.919. The van der Waals surface area contributed by atoms with E-state index in [-0.39, 0.29) is 0 Å². The van der Waals surface area contributed by atoms with Crippen LogP contribution < -0.4 is 4.74 Å². The van der Waals surface area contributed by atoms with Gasteiger partial charge in [0.1, 0.15) is 5.75 Å². The molecule has 14 heavy (non-hydrogen) atoms. The van der Waals surface area contributed by atoms with Crippen LogP contribution >= 0.6 is 0 Å². The van der Waals surface area contributed by atoms with Crippen molar-refractivity contribution >= 4 is 0 Å². The molecule has 4 heteroatoms. The zero-order chi connectivity index (χ0) is 9.97. The molecule has 1 aromatic carbocycles. The molecule has 0 aliphatic rings. The summed E-state index contributed by atoms with van der Waals surface area (Å²) in [6.45, 7) is 1.76. The summed E-state index contributed by atoms with van der Waals surface area (Å²) in [6.07, 6.45) is 0. The van der Waals surface area contributed by atoms with E-state index >= 15 is 0 Å². The number of benzene rings is 1. The van der Waals surface area contributed by atoms with E-state index in [9.17, 15) is 0 Å². The summed E-state index contributed by atoms with van der Waals surface area (Å²) in [4.78, 5) is 4.12. The van der Waals surface area contributed by atoms with Gasteiger partial charge in [-0.05, 0) is 24.3 Å². The molecule has 0 fully saturated rings. The smallest absolute Gasteiger partial charge is 0.223 e. The van der Waals surface area contributed by atoms with Crippen molar-refractivity contribution in [2.45, 2.75) is 6.92 Å². The van der Waals surface area contributed by atoms with Gasteiger partial charge in [-0.2, -0.15) is 4.98 Å². The average Bonchev–Trinajstić information content (AvgIpc) is 2.65. The molecule has 1 heterocycles. The molecule has 0 amide bonds. The summed E-state index contributed by atoms with van der Waals surface area (Å²) in [7, 11) is 1.63. The Balaban J connectivity index is 2.33. The Hall–Kier alpha value is -1.84. The van der Waals surface area contributed by atoms with Crippen LogP contribution in [-0.4, -0.2) is 17.3 Å². The molecule has 0 bridgehead atoms. The number of aryl methyl sites for hydroxylation is 1. The molecule has 0 saturated heterocycles. The van der Waals surface area contributed by atoms with Gasteiger partial charge in [-0.3, -0.25) is 0 Å². The van der Waals surface area contributed by atoms with Gasteiger partial charge in [0.15, 0.2) is 0 Å². The zero-order valence-corrected chi connectivity index (χ0v) is 8.02. The van der Waals surface area contributed by atoms with E-state index in [1.807, 2.05) is 24.3 Å². The summed E-state index contributed by atoms with van der Waals surface area (Å²) < 4.78 is 9.93. The number of ether oxygens (including phenoxy) is 1. The monoisotopic (exact) mass is 190 g/mol. The summed E-state index contributed by atoms with van der Waals surface area (Å²) in [5.74, 6) is 1.98. The summed E-state index contributed by atoms with van der Waals surface area (Å²) >= 11 is 0. The van der Waals surface area contributed by atoms with E-state index in [2.05, 4.69) is 10.1 Å². The van der Waals surface area contributed by atoms with E-state index in [0.29, 0.717) is 11.7 Å². The first-order valence-corrected chi connectivity index (χ1v) is 4.24. The molecular weight excluding hydrogens is 180 g/mol. The fraction of sp³-hybridized carbons (Fsp3) is 0.200. The number of methoxy groups -OCH3 is 1. The van der Waals surface area contributed by atoms with Gasteiger partial charge >= 0.3 is 0 Å². The van der Waals surface area contributed by atoms with Crippen LogP contribution in [0.15, 0.2) is 28.8 Å². The Bertz CT molecular complexity index is 420. The third-order valence-corrected chi connectivity index (χ3v) is 1.88. The lowest BCUT2D eigenvalue weighted by atomic mass is 10.2. The van der Waals surface area contributed by atoms with Crippen LogP contribution in [0.1, 0.15) is 5.89 Å². The van der Waals surface area contributed by atoms with Crippen molar-refractivity contribution in [2.24, 2.45) is 0 Å². The lowest BCUT2D eigenvalue weighted by Gasteiger charge is -1.98. The van der Waals surface area contributed by atoms with E-state index in [1.165, 1.54) is 0 Å². The Morgan fingerprint density at radius 2 is 1.93 bits per heavy atom. The molecule has 4 nitrogen and oxygen atoms in total. The normalized spacial score (nSPS) is 10.1. The second-order valence-electron chi connectivity index (χ2n) is 2.87. The van der Waals surface area contributed by atoms with Crippen LogP contribution in [0.4, 0.5) is 0 Å². The Labute approximate surface area is 81.5 Å². The van der Waals surface area contributed by atoms with E-state index in [0.717, 1.165) is 11.3 Å². The molecule has 0 atom stereocenters. The average molecular weight is 190 g/mol. The fourth-order valence-corrected chi connectivity index (χ4v) is 1.16. The van der Waals surface area contributed by atoms with Gasteiger partial charge in [-0.25, -0.2) is 0 Å². The first kappa shape index (κ1) is 8.74. The Morgan fingerprint density at radius 3 is 2.43 bits per heavy atom. The molecule has 0 aliphatic carbocycles. The van der Waals surface area contributed by atoms with E-state index in [4.69, 9.17) is 9.26 Å². The van der Waals surface area contributed by atoms with E-state index in [1.54, 1.807) is 14.0 Å². The Morgan fingerprint density at radius 1 is 1.21 bits per heavy atom. The molecule has 0 unspecified atom stereocenters. The fourth-order valence-electron chi connectivity index (χ4n) is 1.16. The van der Waals surface area contributed by atoms with Gasteiger partial charge in [0.2, 0.25) is 11.7 Å². The van der Waals surface area contributed by atoms with Gasteiger partial charge in [0, 0.05) is 12.5 Å². The zero-order valence-electron chi connectivity index (χ0n) is 8.02. The number of rotatable bonds is 2. The number of nitrogens with zero attached hydrogens (tertiary/aromatic N) is 2. The molecule has 0 aliphatic heterocycles. The van der Waals surface area contributed by atoms with Gasteiger partial charge in [0.25, 0.3) is 0 Å². The van der Waals surface area contributed by atoms with Crippen LogP contribution in [-0.2, 0) is 0 Å². The number of hydrogen-bond donors (Lipinski definition) is 0. The minimum Gasteiger partial charge on any atom is -0.497 e. The highest BCUT2D eigenvalue weighted by atomic mass is 16.5. The number of aromatic nitrogens is 2. The van der Waals surface area contributed by atoms with Crippen LogP contribution in [0.3, 0.4) is 0 Å². The van der Waals surface area contributed by atoms with Crippen molar-refractivity contribution in [1.29, 1.82) is 0 Å². The molecule has 2 aromatic rings. The van der Waals surface area contributed by atoms with Gasteiger partial charge in [0.05, 0.1) is 7.11 Å². The molecule has 0 radical (unpaired) electrons. The van der Waals surface area contributed by atoms with Crippen molar-refractivity contribution in [3.63, 3.8) is 0 Å². The van der Waals surface area contributed by atoms with Gasteiger partial charge in [-0.15, -0.1) is 0 Å². The standard InChI is InChI=1S/C10H10N2O2/c1-7-11-10(12-14-7)8-3-5-9(13-2)6-4-8/h3-6H,1-2H3. The lowest BCUT2D eigenvalue weighted by Crippen LogP contribution is -1.83. The second kappa shape index (κ2) is 3.49. The quantitative estimate of drug-likeness (QED) is 0.727. The van der Waals surface area contributed by atoms with Crippen molar-refractivity contribution in [3.05, 3.63) is 30.2 Å². The molecule has 0 spiro atoms. The highest BCUT2D eigenvalue weighted by molar-refractivity contribution is 5.55. The van der Waals surface area contributed by atoms with Crippen LogP contribution in [0.25, 0.3) is 11.4 Å². The maximum absolute atomic E-state index is 5.05. The molecule has 1 aromatic heterocycles. The topological polar surface area (TPSA) is 48.2 Å². The van der Waals surface area contributed by atoms with Crippen LogP contribution in [0, 0.1) is 6.92 Å². The second-order valence-corrected chi connectivity index (χ2v) is 2.87. The van der Waals surface area contributed by atoms with Crippen LogP contribution in [0.5, 0.6) is 5.75 Å². The minimum absolute atomic E-state index is 0.566. The highest BCUT2D eigenvalue weighted by Crippen LogP contribution is 2.19. The first-order valence-electron chi connectivity index (χ1n) is 4.24. The highest BCUT2D eigenvalue weighted by Gasteiger charge is 2.04. The summed E-state index contributed by atoms with van der Waals surface area (Å²) in [5, 5.41) is 3.81. The van der Waals surface area contributed by atoms with E-state index < -0.39 is 0 Å². The lowest BCUT2D eigenvalue weighted by molar-refractivity contribution is 0.394. The SMILES string of the molecule is COc1ccc(-c2noc(C)n2)cc1. The van der Waals surface area contributed by atoms with Crippen molar-refractivity contribution in [2.75, 3.05) is 7.11 Å². The Kier molecular flexibility index (Phi) is 2.18. The largest absolute Gasteiger partial charge is 0.497 e. The molecule has 0 saturated carbocycles. The molecule has 72 valence electrons. The maximum atomic E-state index is 5.05. The maximum Gasteiger partial charge on any atom is 0.223 e. The third-order valence-electron chi connectivity index (χ3n) is 1.88. The van der Waals surface area contributed by atoms with Gasteiger partial charge in [-0.1, -0.05) is 5.16 Å². The predicted octanol–water partition coefficient (Wildman–Crippen LogP) is 2.05. The third kappa shape index (κ3) is 1.59. The minimum atomic E-state index is 0.566.